The molecule has 0 fully saturated rings. The van der Waals surface area contributed by atoms with Crippen molar-refractivity contribution in [3.05, 3.63) is 59.7 Å². The molecule has 0 radical (unpaired) electrons. The van der Waals surface area contributed by atoms with Crippen LogP contribution in [0.15, 0.2) is 51.5 Å². The second-order valence-corrected chi connectivity index (χ2v) is 5.42. The molecule has 0 aliphatic heterocycles. The van der Waals surface area contributed by atoms with Crippen LogP contribution < -0.4 is 5.32 Å². The van der Waals surface area contributed by atoms with Gasteiger partial charge in [-0.1, -0.05) is 25.1 Å². The largest absolute Gasteiger partial charge is 0.469 e. The van der Waals surface area contributed by atoms with E-state index >= 15 is 0 Å². The molecule has 2 aromatic heterocycles. The molecule has 0 aliphatic rings. The highest BCUT2D eigenvalue weighted by Crippen LogP contribution is 2.26. The van der Waals surface area contributed by atoms with Crippen molar-refractivity contribution in [3.63, 3.8) is 0 Å². The summed E-state index contributed by atoms with van der Waals surface area (Å²) in [6.07, 6.45) is 3.53. The van der Waals surface area contributed by atoms with Gasteiger partial charge in [-0.05, 0) is 25.1 Å². The van der Waals surface area contributed by atoms with E-state index in [1.165, 1.54) is 10.9 Å². The van der Waals surface area contributed by atoms with E-state index in [1.54, 1.807) is 6.26 Å². The van der Waals surface area contributed by atoms with Crippen LogP contribution in [0.5, 0.6) is 0 Å². The first-order valence-electron chi connectivity index (χ1n) is 7.53. The number of para-hydroxylation sites is 1. The van der Waals surface area contributed by atoms with Gasteiger partial charge in [0.2, 0.25) is 0 Å². The standard InChI is InChI=1S/C18H21NO2/c1-3-17-16(15-8-4-5-9-18(15)21-17)12-19-13(2)11-14-7-6-10-20-14/h4-10,13,19H,3,11-12H2,1-2H3. The average Bonchev–Trinajstić information content (AvgIpc) is 3.12. The van der Waals surface area contributed by atoms with Crippen molar-refractivity contribution in [1.29, 1.82) is 0 Å². The summed E-state index contributed by atoms with van der Waals surface area (Å²) in [4.78, 5) is 0. The quantitative estimate of drug-likeness (QED) is 0.732. The normalized spacial score (nSPS) is 12.9. The zero-order chi connectivity index (χ0) is 14.7. The van der Waals surface area contributed by atoms with Crippen LogP contribution in [-0.2, 0) is 19.4 Å². The SMILES string of the molecule is CCc1oc2ccccc2c1CNC(C)Cc1ccco1. The Balaban J connectivity index is 1.72. The molecule has 3 aromatic rings. The lowest BCUT2D eigenvalue weighted by atomic mass is 10.1. The van der Waals surface area contributed by atoms with Gasteiger partial charge in [-0.2, -0.15) is 0 Å². The summed E-state index contributed by atoms with van der Waals surface area (Å²) in [7, 11) is 0. The lowest BCUT2D eigenvalue weighted by Crippen LogP contribution is -2.27. The fourth-order valence-corrected chi connectivity index (χ4v) is 2.71. The Kier molecular flexibility index (Phi) is 4.11. The van der Waals surface area contributed by atoms with Crippen molar-refractivity contribution >= 4 is 11.0 Å². The fourth-order valence-electron chi connectivity index (χ4n) is 2.71. The van der Waals surface area contributed by atoms with Gasteiger partial charge in [-0.3, -0.25) is 0 Å². The minimum atomic E-state index is 0.356. The van der Waals surface area contributed by atoms with E-state index in [0.717, 1.165) is 36.5 Å². The van der Waals surface area contributed by atoms with Gasteiger partial charge in [-0.15, -0.1) is 0 Å². The van der Waals surface area contributed by atoms with Gasteiger partial charge >= 0.3 is 0 Å². The van der Waals surface area contributed by atoms with E-state index in [9.17, 15) is 0 Å². The first kappa shape index (κ1) is 14.0. The summed E-state index contributed by atoms with van der Waals surface area (Å²) in [5.41, 5.74) is 2.25. The monoisotopic (exact) mass is 283 g/mol. The lowest BCUT2D eigenvalue weighted by molar-refractivity contribution is 0.454. The van der Waals surface area contributed by atoms with E-state index in [4.69, 9.17) is 8.83 Å². The molecule has 1 unspecified atom stereocenters. The third-order valence-electron chi connectivity index (χ3n) is 3.82. The maximum absolute atomic E-state index is 5.93. The first-order valence-corrected chi connectivity index (χ1v) is 7.53. The average molecular weight is 283 g/mol. The van der Waals surface area contributed by atoms with Crippen LogP contribution in [0.2, 0.25) is 0 Å². The molecule has 0 amide bonds. The van der Waals surface area contributed by atoms with Crippen LogP contribution in [0.25, 0.3) is 11.0 Å². The number of aryl methyl sites for hydroxylation is 1. The Morgan fingerprint density at radius 1 is 1.14 bits per heavy atom. The zero-order valence-corrected chi connectivity index (χ0v) is 12.6. The summed E-state index contributed by atoms with van der Waals surface area (Å²) < 4.78 is 11.3. The molecule has 0 bridgehead atoms. The highest BCUT2D eigenvalue weighted by atomic mass is 16.3. The number of furan rings is 2. The van der Waals surface area contributed by atoms with Gasteiger partial charge in [-0.25, -0.2) is 0 Å². The third-order valence-corrected chi connectivity index (χ3v) is 3.82. The molecule has 2 heterocycles. The zero-order valence-electron chi connectivity index (χ0n) is 12.6. The first-order chi connectivity index (χ1) is 10.3. The van der Waals surface area contributed by atoms with Crippen LogP contribution in [0, 0.1) is 0 Å². The summed E-state index contributed by atoms with van der Waals surface area (Å²) in [6, 6.07) is 12.5. The molecule has 1 atom stereocenters. The molecule has 1 aromatic carbocycles. The molecule has 21 heavy (non-hydrogen) atoms. The number of hydrogen-bond donors (Lipinski definition) is 1. The summed E-state index contributed by atoms with van der Waals surface area (Å²) in [5.74, 6) is 2.09. The van der Waals surface area contributed by atoms with Crippen molar-refractivity contribution in [2.75, 3.05) is 0 Å². The molecule has 110 valence electrons. The van der Waals surface area contributed by atoms with Crippen molar-refractivity contribution in [3.8, 4) is 0 Å². The predicted octanol–water partition coefficient (Wildman–Crippen LogP) is 4.31. The fraction of sp³-hybridized carbons (Fsp3) is 0.333. The van der Waals surface area contributed by atoms with Crippen LogP contribution in [-0.4, -0.2) is 6.04 Å². The Bertz CT molecular complexity index is 697. The van der Waals surface area contributed by atoms with Gasteiger partial charge in [0, 0.05) is 36.4 Å². The Hall–Kier alpha value is -2.00. The topological polar surface area (TPSA) is 38.3 Å². The van der Waals surface area contributed by atoms with Crippen LogP contribution in [0.4, 0.5) is 0 Å². The van der Waals surface area contributed by atoms with Gasteiger partial charge in [0.15, 0.2) is 0 Å². The lowest BCUT2D eigenvalue weighted by Gasteiger charge is -2.12. The predicted molar refractivity (Wildman–Crippen MR) is 84.3 cm³/mol. The third kappa shape index (κ3) is 3.03. The van der Waals surface area contributed by atoms with Crippen molar-refractivity contribution in [2.24, 2.45) is 0 Å². The number of hydrogen-bond acceptors (Lipinski definition) is 3. The van der Waals surface area contributed by atoms with E-state index in [2.05, 4.69) is 31.3 Å². The number of benzene rings is 1. The molecule has 3 rings (SSSR count). The molecular weight excluding hydrogens is 262 g/mol. The maximum Gasteiger partial charge on any atom is 0.134 e. The Morgan fingerprint density at radius 3 is 2.76 bits per heavy atom. The van der Waals surface area contributed by atoms with Crippen molar-refractivity contribution in [2.45, 2.75) is 39.3 Å². The number of fused-ring (bicyclic) bond motifs is 1. The number of rotatable bonds is 6. The van der Waals surface area contributed by atoms with E-state index in [-0.39, 0.29) is 0 Å². The van der Waals surface area contributed by atoms with Gasteiger partial charge in [0.05, 0.1) is 6.26 Å². The minimum Gasteiger partial charge on any atom is -0.469 e. The number of nitrogens with one attached hydrogen (secondary N) is 1. The van der Waals surface area contributed by atoms with Crippen LogP contribution in [0.3, 0.4) is 0 Å². The second-order valence-electron chi connectivity index (χ2n) is 5.42. The second kappa shape index (κ2) is 6.19. The summed E-state index contributed by atoms with van der Waals surface area (Å²) in [6.45, 7) is 5.13. The van der Waals surface area contributed by atoms with E-state index in [0.29, 0.717) is 6.04 Å². The molecule has 3 heteroatoms. The minimum absolute atomic E-state index is 0.356. The van der Waals surface area contributed by atoms with Crippen LogP contribution in [0.1, 0.15) is 30.9 Å². The molecular formula is C18H21NO2. The molecule has 0 spiro atoms. The molecule has 0 aliphatic carbocycles. The Morgan fingerprint density at radius 2 is 2.00 bits per heavy atom. The highest BCUT2D eigenvalue weighted by molar-refractivity contribution is 5.82. The van der Waals surface area contributed by atoms with Crippen molar-refractivity contribution in [1.82, 2.24) is 5.32 Å². The van der Waals surface area contributed by atoms with Crippen LogP contribution >= 0.6 is 0 Å². The smallest absolute Gasteiger partial charge is 0.134 e. The molecule has 0 saturated carbocycles. The van der Waals surface area contributed by atoms with E-state index < -0.39 is 0 Å². The van der Waals surface area contributed by atoms with Gasteiger partial charge in [0.25, 0.3) is 0 Å². The van der Waals surface area contributed by atoms with Crippen molar-refractivity contribution < 1.29 is 8.83 Å². The van der Waals surface area contributed by atoms with Gasteiger partial charge in [0.1, 0.15) is 17.1 Å². The summed E-state index contributed by atoms with van der Waals surface area (Å²) in [5, 5.41) is 4.79. The molecule has 3 nitrogen and oxygen atoms in total. The van der Waals surface area contributed by atoms with E-state index in [1.807, 2.05) is 24.3 Å². The maximum atomic E-state index is 5.93. The molecule has 1 N–H and O–H groups in total. The van der Waals surface area contributed by atoms with Gasteiger partial charge < -0.3 is 14.2 Å². The molecule has 0 saturated heterocycles. The highest BCUT2D eigenvalue weighted by Gasteiger charge is 2.13. The Labute approximate surface area is 124 Å². The summed E-state index contributed by atoms with van der Waals surface area (Å²) >= 11 is 0.